The van der Waals surface area contributed by atoms with Crippen LogP contribution in [0.4, 0.5) is 0 Å². The fraction of sp³-hybridized carbons (Fsp3) is 0.545. The van der Waals surface area contributed by atoms with Crippen LogP contribution in [0.5, 0.6) is 0 Å². The summed E-state index contributed by atoms with van der Waals surface area (Å²) >= 11 is 3.36. The van der Waals surface area contributed by atoms with Gasteiger partial charge in [0.05, 0.1) is 0 Å². The minimum absolute atomic E-state index is 0.0396. The fourth-order valence-corrected chi connectivity index (χ4v) is 2.89. The van der Waals surface area contributed by atoms with E-state index in [0.29, 0.717) is 0 Å². The van der Waals surface area contributed by atoms with E-state index in [1.54, 1.807) is 16.0 Å². The number of nitrogens with two attached hydrogens (primary N) is 2. The molecule has 0 saturated carbocycles. The average molecular weight is 467 g/mol. The largest absolute Gasteiger partial charge is 0.308 e. The van der Waals surface area contributed by atoms with E-state index in [4.69, 9.17) is 11.5 Å². The highest BCUT2D eigenvalue weighted by Crippen LogP contribution is 2.23. The van der Waals surface area contributed by atoms with Gasteiger partial charge < -0.3 is 11.5 Å². The molecule has 29 heavy (non-hydrogen) atoms. The lowest BCUT2D eigenvalue weighted by molar-refractivity contribution is -0.138. The van der Waals surface area contributed by atoms with Crippen LogP contribution < -0.4 is 11.5 Å². The molecule has 4 N–H and O–H groups in total. The summed E-state index contributed by atoms with van der Waals surface area (Å²) in [6.45, 7) is 13.3. The molecule has 2 aliphatic rings. The molecule has 0 fully saturated rings. The first-order valence-corrected chi connectivity index (χ1v) is 10.8. The number of nitrogens with zero attached hydrogens (tertiary/aromatic N) is 2. The molecule has 2 aliphatic heterocycles. The second-order valence-electron chi connectivity index (χ2n) is 9.34. The maximum absolute atomic E-state index is 12.0. The number of allylic oxidation sites excluding steroid dienone is 4. The number of carbonyl (C=O) groups excluding carboxylic acids is 2. The minimum atomic E-state index is -0.406. The molecular formula is C22H35BrN4O2. The van der Waals surface area contributed by atoms with Crippen LogP contribution in [0.15, 0.2) is 47.9 Å². The Morgan fingerprint density at radius 3 is 1.72 bits per heavy atom. The highest BCUT2D eigenvalue weighted by atomic mass is 79.9. The molecule has 2 atom stereocenters. The minimum Gasteiger partial charge on any atom is -0.308 e. The van der Waals surface area contributed by atoms with Crippen molar-refractivity contribution in [3.8, 4) is 0 Å². The van der Waals surface area contributed by atoms with Crippen molar-refractivity contribution >= 4 is 27.7 Å². The van der Waals surface area contributed by atoms with Gasteiger partial charge in [-0.2, -0.15) is 0 Å². The molecule has 0 aromatic carbocycles. The van der Waals surface area contributed by atoms with E-state index in [1.165, 1.54) is 0 Å². The number of rotatable bonds is 1. The fourth-order valence-electron chi connectivity index (χ4n) is 2.56. The maximum Gasteiger partial charge on any atom is 0.233 e. The summed E-state index contributed by atoms with van der Waals surface area (Å²) in [5, 5.41) is 0.726. The first-order valence-electron chi connectivity index (χ1n) is 9.66. The Morgan fingerprint density at radius 1 is 0.897 bits per heavy atom. The van der Waals surface area contributed by atoms with Crippen molar-refractivity contribution in [2.75, 3.05) is 5.33 Å². The quantitative estimate of drug-likeness (QED) is 0.577. The summed E-state index contributed by atoms with van der Waals surface area (Å²) in [6, 6.07) is 0. The van der Waals surface area contributed by atoms with Crippen LogP contribution in [0.2, 0.25) is 0 Å². The van der Waals surface area contributed by atoms with Crippen molar-refractivity contribution in [2.45, 2.75) is 60.8 Å². The molecule has 2 rings (SSSR count). The van der Waals surface area contributed by atoms with Gasteiger partial charge in [0.1, 0.15) is 12.3 Å². The summed E-state index contributed by atoms with van der Waals surface area (Å²) in [5.41, 5.74) is 13.0. The second kappa shape index (κ2) is 9.87. The monoisotopic (exact) mass is 466 g/mol. The summed E-state index contributed by atoms with van der Waals surface area (Å²) in [7, 11) is 0. The van der Waals surface area contributed by atoms with E-state index in [0.717, 1.165) is 16.5 Å². The Labute approximate surface area is 183 Å². The number of alkyl halides is 1. The smallest absolute Gasteiger partial charge is 0.233 e. The normalized spacial score (nSPS) is 21.9. The summed E-state index contributed by atoms with van der Waals surface area (Å²) in [5.74, 6) is 0.0894. The van der Waals surface area contributed by atoms with E-state index in [1.807, 2.05) is 79.0 Å². The van der Waals surface area contributed by atoms with Crippen LogP contribution in [0.25, 0.3) is 0 Å². The third-order valence-electron chi connectivity index (χ3n) is 4.26. The molecule has 0 saturated heterocycles. The SMILES string of the molecule is CC(C)(C)C(=O)N1C=C(CBr)C=CC1N.CC1=CN(C(=O)C(C)(C)C)C(N)C=C1. The van der Waals surface area contributed by atoms with Crippen molar-refractivity contribution in [1.82, 2.24) is 9.80 Å². The van der Waals surface area contributed by atoms with Gasteiger partial charge in [-0.1, -0.05) is 69.6 Å². The summed E-state index contributed by atoms with van der Waals surface area (Å²) in [4.78, 5) is 27.2. The molecule has 0 radical (unpaired) electrons. The van der Waals surface area contributed by atoms with Crippen LogP contribution in [0.3, 0.4) is 0 Å². The van der Waals surface area contributed by atoms with Gasteiger partial charge in [0.15, 0.2) is 0 Å². The van der Waals surface area contributed by atoms with E-state index >= 15 is 0 Å². The van der Waals surface area contributed by atoms with Crippen molar-refractivity contribution in [2.24, 2.45) is 22.3 Å². The summed E-state index contributed by atoms with van der Waals surface area (Å²) in [6.07, 6.45) is 10.5. The second-order valence-corrected chi connectivity index (χ2v) is 9.90. The zero-order chi connectivity index (χ0) is 22.6. The van der Waals surface area contributed by atoms with Crippen LogP contribution in [0, 0.1) is 10.8 Å². The lowest BCUT2D eigenvalue weighted by atomic mass is 9.94. The molecule has 6 nitrogen and oxygen atoms in total. The Kier molecular flexibility index (Phi) is 8.62. The predicted molar refractivity (Wildman–Crippen MR) is 122 cm³/mol. The Bertz CT molecular complexity index is 739. The third kappa shape index (κ3) is 7.24. The van der Waals surface area contributed by atoms with E-state index in [9.17, 15) is 9.59 Å². The maximum atomic E-state index is 12.0. The van der Waals surface area contributed by atoms with Crippen molar-refractivity contribution in [3.63, 3.8) is 0 Å². The highest BCUT2D eigenvalue weighted by Gasteiger charge is 2.30. The first-order chi connectivity index (χ1) is 13.2. The van der Waals surface area contributed by atoms with Crippen LogP contribution in [-0.4, -0.2) is 39.3 Å². The number of halogens is 1. The molecule has 0 bridgehead atoms. The molecule has 0 aromatic heterocycles. The van der Waals surface area contributed by atoms with Crippen molar-refractivity contribution < 1.29 is 9.59 Å². The Hall–Kier alpha value is -1.70. The Balaban J connectivity index is 0.000000291. The number of carbonyl (C=O) groups is 2. The standard InChI is InChI=1S/C11H17BrN2O.C11H18N2O/c1-11(2,3)10(15)14-7-8(6-12)4-5-9(14)13;1-8-5-6-9(12)13(7-8)10(14)11(2,3)4/h4-5,7,9H,6,13H2,1-3H3;5-7,9H,12H2,1-4H3. The molecule has 2 amide bonds. The van der Waals surface area contributed by atoms with Gasteiger partial charge >= 0.3 is 0 Å². The average Bonchev–Trinajstić information content (AvgIpc) is 2.62. The van der Waals surface area contributed by atoms with Gasteiger partial charge in [0.2, 0.25) is 11.8 Å². The van der Waals surface area contributed by atoms with Gasteiger partial charge in [-0.05, 0) is 30.2 Å². The van der Waals surface area contributed by atoms with Gasteiger partial charge in [0.25, 0.3) is 0 Å². The topological polar surface area (TPSA) is 92.7 Å². The zero-order valence-electron chi connectivity index (χ0n) is 18.6. The van der Waals surface area contributed by atoms with Crippen molar-refractivity contribution in [1.29, 1.82) is 0 Å². The van der Waals surface area contributed by atoms with Crippen LogP contribution in [-0.2, 0) is 9.59 Å². The van der Waals surface area contributed by atoms with Gasteiger partial charge in [0, 0.05) is 28.6 Å². The Morgan fingerprint density at radius 2 is 1.31 bits per heavy atom. The van der Waals surface area contributed by atoms with Gasteiger partial charge in [-0.15, -0.1) is 0 Å². The number of hydrogen-bond acceptors (Lipinski definition) is 4. The molecule has 162 valence electrons. The molecular weight excluding hydrogens is 432 g/mol. The molecule has 2 unspecified atom stereocenters. The van der Waals surface area contributed by atoms with E-state index in [2.05, 4.69) is 15.9 Å². The lowest BCUT2D eigenvalue weighted by Gasteiger charge is -2.32. The zero-order valence-corrected chi connectivity index (χ0v) is 20.2. The van der Waals surface area contributed by atoms with Gasteiger partial charge in [-0.3, -0.25) is 19.4 Å². The molecule has 0 spiro atoms. The predicted octanol–water partition coefficient (Wildman–Crippen LogP) is 3.61. The lowest BCUT2D eigenvalue weighted by Crippen LogP contribution is -2.47. The van der Waals surface area contributed by atoms with Crippen molar-refractivity contribution in [3.05, 3.63) is 47.9 Å². The molecule has 0 aromatic rings. The molecule has 0 aliphatic carbocycles. The molecule has 2 heterocycles. The van der Waals surface area contributed by atoms with Crippen LogP contribution in [0.1, 0.15) is 48.5 Å². The molecule has 7 heteroatoms. The number of hydrogen-bond donors (Lipinski definition) is 2. The first kappa shape index (κ1) is 25.3. The van der Waals surface area contributed by atoms with E-state index in [-0.39, 0.29) is 29.6 Å². The highest BCUT2D eigenvalue weighted by molar-refractivity contribution is 9.09. The number of amides is 2. The van der Waals surface area contributed by atoms with E-state index < -0.39 is 5.41 Å². The summed E-state index contributed by atoms with van der Waals surface area (Å²) < 4.78 is 0. The van der Waals surface area contributed by atoms with Gasteiger partial charge in [-0.25, -0.2) is 0 Å². The third-order valence-corrected chi connectivity index (χ3v) is 4.91. The van der Waals surface area contributed by atoms with Crippen LogP contribution >= 0.6 is 15.9 Å².